The van der Waals surface area contributed by atoms with Gasteiger partial charge in [-0.2, -0.15) is 0 Å². The fourth-order valence-corrected chi connectivity index (χ4v) is 4.99. The highest BCUT2D eigenvalue weighted by Gasteiger charge is 2.36. The smallest absolute Gasteiger partial charge is 0.290 e. The molecule has 174 valence electrons. The second kappa shape index (κ2) is 9.43. The van der Waals surface area contributed by atoms with Crippen molar-refractivity contribution in [2.24, 2.45) is 0 Å². The molecule has 1 aromatic carbocycles. The van der Waals surface area contributed by atoms with Gasteiger partial charge in [-0.1, -0.05) is 17.7 Å². The lowest BCUT2D eigenvalue weighted by Crippen LogP contribution is -2.53. The molecule has 0 aliphatic carbocycles. The summed E-state index contributed by atoms with van der Waals surface area (Å²) in [5.41, 5.74) is 1.75. The number of hydrogen-bond donors (Lipinski definition) is 0. The normalized spacial score (nSPS) is 15.8. The van der Waals surface area contributed by atoms with Crippen molar-refractivity contribution in [3.05, 3.63) is 75.9 Å². The number of amides is 2. The zero-order chi connectivity index (χ0) is 23.6. The molecule has 0 fully saturated rings. The van der Waals surface area contributed by atoms with Crippen LogP contribution in [0.1, 0.15) is 53.4 Å². The molecule has 2 amide bonds. The van der Waals surface area contributed by atoms with E-state index in [1.807, 2.05) is 56.9 Å². The number of aryl methyl sites for hydroxylation is 1. The number of fused-ring (bicyclic) bond motifs is 1. The molecule has 4 rings (SSSR count). The van der Waals surface area contributed by atoms with Crippen LogP contribution in [0.4, 0.5) is 0 Å². The Balaban J connectivity index is 1.54. The highest BCUT2D eigenvalue weighted by atomic mass is 32.1. The van der Waals surface area contributed by atoms with Crippen molar-refractivity contribution < 1.29 is 18.7 Å². The van der Waals surface area contributed by atoms with E-state index in [1.165, 1.54) is 16.7 Å². The minimum absolute atomic E-state index is 0.0243. The third-order valence-electron chi connectivity index (χ3n) is 5.92. The zero-order valence-electron chi connectivity index (χ0n) is 19.5. The van der Waals surface area contributed by atoms with Gasteiger partial charge in [-0.25, -0.2) is 0 Å². The number of rotatable bonds is 6. The predicted molar refractivity (Wildman–Crippen MR) is 129 cm³/mol. The van der Waals surface area contributed by atoms with Crippen LogP contribution in [0.25, 0.3) is 0 Å². The van der Waals surface area contributed by atoms with Gasteiger partial charge in [0.1, 0.15) is 18.9 Å². The Hall–Kier alpha value is -3.06. The van der Waals surface area contributed by atoms with Crippen molar-refractivity contribution >= 4 is 23.2 Å². The van der Waals surface area contributed by atoms with Crippen LogP contribution in [0, 0.1) is 6.92 Å². The summed E-state index contributed by atoms with van der Waals surface area (Å²) in [6, 6.07) is 13.1. The fraction of sp³-hybridized carbons (Fsp3) is 0.385. The van der Waals surface area contributed by atoms with Gasteiger partial charge in [0, 0.05) is 17.0 Å². The maximum Gasteiger partial charge on any atom is 0.290 e. The molecule has 1 atom stereocenters. The first-order valence-electron chi connectivity index (χ1n) is 11.1. The topological polar surface area (TPSA) is 63.0 Å². The Morgan fingerprint density at radius 1 is 1.18 bits per heavy atom. The van der Waals surface area contributed by atoms with E-state index in [2.05, 4.69) is 11.4 Å². The van der Waals surface area contributed by atoms with Gasteiger partial charge in [-0.05, 0) is 75.4 Å². The molecule has 3 aromatic rings. The van der Waals surface area contributed by atoms with E-state index in [0.717, 1.165) is 17.7 Å². The molecular formula is C26H30N2O4S. The third-order valence-corrected chi connectivity index (χ3v) is 6.92. The van der Waals surface area contributed by atoms with E-state index in [0.29, 0.717) is 13.2 Å². The second-order valence-corrected chi connectivity index (χ2v) is 10.3. The number of thiophene rings is 1. The van der Waals surface area contributed by atoms with Gasteiger partial charge in [0.15, 0.2) is 5.76 Å². The molecule has 2 aromatic heterocycles. The summed E-state index contributed by atoms with van der Waals surface area (Å²) >= 11 is 1.72. The monoisotopic (exact) mass is 466 g/mol. The molecule has 7 heteroatoms. The lowest BCUT2D eigenvalue weighted by atomic mass is 9.99. The van der Waals surface area contributed by atoms with Crippen LogP contribution >= 0.6 is 11.3 Å². The molecule has 0 radical (unpaired) electrons. The number of ether oxygens (including phenoxy) is 1. The highest BCUT2D eigenvalue weighted by molar-refractivity contribution is 7.10. The Morgan fingerprint density at radius 3 is 2.61 bits per heavy atom. The van der Waals surface area contributed by atoms with Crippen LogP contribution in [0.15, 0.2) is 58.5 Å². The van der Waals surface area contributed by atoms with Crippen LogP contribution in [-0.2, 0) is 11.2 Å². The van der Waals surface area contributed by atoms with E-state index in [-0.39, 0.29) is 30.2 Å². The summed E-state index contributed by atoms with van der Waals surface area (Å²) in [6.45, 7) is 8.74. The number of carbonyl (C=O) groups excluding carboxylic acids is 2. The minimum atomic E-state index is -0.545. The summed E-state index contributed by atoms with van der Waals surface area (Å²) in [7, 11) is 0. The molecule has 0 spiro atoms. The molecule has 1 aliphatic rings. The van der Waals surface area contributed by atoms with Crippen molar-refractivity contribution in [3.63, 3.8) is 0 Å². The third kappa shape index (κ3) is 5.14. The number of carbonyl (C=O) groups is 2. The minimum Gasteiger partial charge on any atom is -0.491 e. The Bertz CT molecular complexity index is 1100. The van der Waals surface area contributed by atoms with Crippen LogP contribution in [0.2, 0.25) is 0 Å². The van der Waals surface area contributed by atoms with Crippen LogP contribution in [-0.4, -0.2) is 46.8 Å². The average molecular weight is 467 g/mol. The lowest BCUT2D eigenvalue weighted by molar-refractivity contribution is -0.136. The van der Waals surface area contributed by atoms with Gasteiger partial charge in [-0.15, -0.1) is 11.3 Å². The van der Waals surface area contributed by atoms with Gasteiger partial charge < -0.3 is 19.0 Å². The quantitative estimate of drug-likeness (QED) is 0.507. The Morgan fingerprint density at radius 2 is 1.94 bits per heavy atom. The van der Waals surface area contributed by atoms with Crippen LogP contribution < -0.4 is 4.74 Å². The molecule has 0 bridgehead atoms. The van der Waals surface area contributed by atoms with Crippen LogP contribution in [0.3, 0.4) is 0 Å². The molecule has 3 heterocycles. The SMILES string of the molecule is Cc1ccc(OC[C@@H]2c3ccsc3CCN2C(=O)CN(C(=O)c2ccco2)C(C)(C)C)cc1. The summed E-state index contributed by atoms with van der Waals surface area (Å²) in [5, 5.41) is 2.07. The zero-order valence-corrected chi connectivity index (χ0v) is 20.4. The van der Waals surface area contributed by atoms with Crippen molar-refractivity contribution in [2.45, 2.75) is 45.7 Å². The number of nitrogens with zero attached hydrogens (tertiary/aromatic N) is 2. The van der Waals surface area contributed by atoms with E-state index in [1.54, 1.807) is 28.4 Å². The van der Waals surface area contributed by atoms with E-state index < -0.39 is 5.54 Å². The maximum absolute atomic E-state index is 13.6. The Kier molecular flexibility index (Phi) is 6.61. The first-order valence-corrected chi connectivity index (χ1v) is 12.0. The van der Waals surface area contributed by atoms with E-state index in [9.17, 15) is 9.59 Å². The van der Waals surface area contributed by atoms with Gasteiger partial charge in [0.25, 0.3) is 5.91 Å². The highest BCUT2D eigenvalue weighted by Crippen LogP contribution is 2.34. The fourth-order valence-electron chi connectivity index (χ4n) is 4.06. The summed E-state index contributed by atoms with van der Waals surface area (Å²) in [4.78, 5) is 31.4. The molecule has 0 unspecified atom stereocenters. The lowest BCUT2D eigenvalue weighted by Gasteiger charge is -2.40. The molecule has 0 saturated heterocycles. The first-order chi connectivity index (χ1) is 15.7. The molecular weight excluding hydrogens is 436 g/mol. The summed E-state index contributed by atoms with van der Waals surface area (Å²) in [5.74, 6) is 0.621. The maximum atomic E-state index is 13.6. The number of benzene rings is 1. The van der Waals surface area contributed by atoms with Crippen molar-refractivity contribution in [2.75, 3.05) is 19.7 Å². The van der Waals surface area contributed by atoms with Crippen LogP contribution in [0.5, 0.6) is 5.75 Å². The largest absolute Gasteiger partial charge is 0.491 e. The van der Waals surface area contributed by atoms with Gasteiger partial charge in [0.05, 0.1) is 12.3 Å². The van der Waals surface area contributed by atoms with Crippen molar-refractivity contribution in [1.82, 2.24) is 9.80 Å². The number of hydrogen-bond acceptors (Lipinski definition) is 5. The van der Waals surface area contributed by atoms with Gasteiger partial charge >= 0.3 is 0 Å². The predicted octanol–water partition coefficient (Wildman–Crippen LogP) is 5.10. The van der Waals surface area contributed by atoms with Crippen molar-refractivity contribution in [1.29, 1.82) is 0 Å². The molecule has 6 nitrogen and oxygen atoms in total. The van der Waals surface area contributed by atoms with E-state index >= 15 is 0 Å². The van der Waals surface area contributed by atoms with Gasteiger partial charge in [0.2, 0.25) is 5.91 Å². The molecule has 0 N–H and O–H groups in total. The van der Waals surface area contributed by atoms with Gasteiger partial charge in [-0.3, -0.25) is 9.59 Å². The first kappa shape index (κ1) is 23.1. The van der Waals surface area contributed by atoms with E-state index in [4.69, 9.17) is 9.15 Å². The summed E-state index contributed by atoms with van der Waals surface area (Å²) in [6.07, 6.45) is 2.28. The molecule has 0 saturated carbocycles. The summed E-state index contributed by atoms with van der Waals surface area (Å²) < 4.78 is 11.4. The average Bonchev–Trinajstić information content (AvgIpc) is 3.47. The number of furan rings is 1. The van der Waals surface area contributed by atoms with Crippen molar-refractivity contribution in [3.8, 4) is 5.75 Å². The molecule has 33 heavy (non-hydrogen) atoms. The standard InChI is InChI=1S/C26H30N2O4S/c1-18-7-9-19(10-8-18)32-17-21-20-12-15-33-23(20)11-13-27(21)24(29)16-28(26(2,3)4)25(30)22-6-5-14-31-22/h5-10,12,14-15,21H,11,13,16-17H2,1-4H3/t21-/m1/s1. The Labute approximate surface area is 198 Å². The second-order valence-electron chi connectivity index (χ2n) is 9.32. The molecule has 1 aliphatic heterocycles.